The van der Waals surface area contributed by atoms with Gasteiger partial charge in [-0.25, -0.2) is 4.79 Å². The van der Waals surface area contributed by atoms with Crippen molar-refractivity contribution < 1.29 is 13.9 Å². The highest BCUT2D eigenvalue weighted by Crippen LogP contribution is 2.23. The van der Waals surface area contributed by atoms with Crippen molar-refractivity contribution in [1.82, 2.24) is 5.32 Å². The fraction of sp³-hybridized carbons (Fsp3) is 0.353. The highest BCUT2D eigenvalue weighted by atomic mass is 16.6. The van der Waals surface area contributed by atoms with Crippen molar-refractivity contribution in [2.75, 3.05) is 0 Å². The largest absolute Gasteiger partial charge is 0.464 e. The molecule has 1 unspecified atom stereocenters. The first-order valence-corrected chi connectivity index (χ1v) is 6.98. The molecule has 1 heterocycles. The number of nitrogens with one attached hydrogen (secondary N) is 1. The summed E-state index contributed by atoms with van der Waals surface area (Å²) in [6, 6.07) is 11.5. The predicted octanol–water partition coefficient (Wildman–Crippen LogP) is 4.53. The number of hydrogen-bond donors (Lipinski definition) is 1. The lowest BCUT2D eigenvalue weighted by Crippen LogP contribution is -2.34. The highest BCUT2D eigenvalue weighted by molar-refractivity contribution is 5.68. The van der Waals surface area contributed by atoms with Crippen LogP contribution in [-0.4, -0.2) is 11.7 Å². The van der Waals surface area contributed by atoms with Crippen LogP contribution in [0.25, 0.3) is 11.3 Å². The Morgan fingerprint density at radius 3 is 2.62 bits per heavy atom. The molecule has 4 nitrogen and oxygen atoms in total. The van der Waals surface area contributed by atoms with Crippen LogP contribution < -0.4 is 5.32 Å². The second-order valence-corrected chi connectivity index (χ2v) is 5.97. The SMILES string of the molecule is CC(NC(=O)OC(C)(C)C)c1cccc(-c2ccco2)c1. The summed E-state index contributed by atoms with van der Waals surface area (Å²) in [6.45, 7) is 7.45. The van der Waals surface area contributed by atoms with Crippen LogP contribution in [0.4, 0.5) is 4.79 Å². The Hall–Kier alpha value is -2.23. The lowest BCUT2D eigenvalue weighted by molar-refractivity contribution is 0.0508. The van der Waals surface area contributed by atoms with Crippen LogP contribution in [0.15, 0.2) is 47.1 Å². The number of alkyl carbamates (subject to hydrolysis) is 1. The summed E-state index contributed by atoms with van der Waals surface area (Å²) in [7, 11) is 0. The van der Waals surface area contributed by atoms with E-state index in [2.05, 4.69) is 5.32 Å². The van der Waals surface area contributed by atoms with Gasteiger partial charge in [0.1, 0.15) is 11.4 Å². The summed E-state index contributed by atoms with van der Waals surface area (Å²) in [4.78, 5) is 11.8. The molecule has 0 aliphatic rings. The molecule has 2 aromatic rings. The highest BCUT2D eigenvalue weighted by Gasteiger charge is 2.18. The molecule has 1 aromatic carbocycles. The molecule has 2 rings (SSSR count). The number of carbonyl (C=O) groups is 1. The molecule has 0 radical (unpaired) electrons. The number of rotatable bonds is 3. The van der Waals surface area contributed by atoms with Gasteiger partial charge in [-0.05, 0) is 51.5 Å². The maximum atomic E-state index is 11.8. The number of carbonyl (C=O) groups excluding carboxylic acids is 1. The van der Waals surface area contributed by atoms with Gasteiger partial charge in [0.2, 0.25) is 0 Å². The Balaban J connectivity index is 2.08. The van der Waals surface area contributed by atoms with Crippen LogP contribution in [0.3, 0.4) is 0 Å². The fourth-order valence-electron chi connectivity index (χ4n) is 1.97. The first-order chi connectivity index (χ1) is 9.85. The van der Waals surface area contributed by atoms with Gasteiger partial charge in [0.25, 0.3) is 0 Å². The summed E-state index contributed by atoms with van der Waals surface area (Å²) < 4.78 is 10.7. The number of benzene rings is 1. The molecule has 1 amide bonds. The van der Waals surface area contributed by atoms with E-state index in [0.29, 0.717) is 0 Å². The normalized spacial score (nSPS) is 12.8. The number of hydrogen-bond acceptors (Lipinski definition) is 3. The molecule has 21 heavy (non-hydrogen) atoms. The maximum Gasteiger partial charge on any atom is 0.408 e. The standard InChI is InChI=1S/C17H21NO3/c1-12(18-16(19)21-17(2,3)4)13-7-5-8-14(11-13)15-9-6-10-20-15/h5-12H,1-4H3,(H,18,19). The van der Waals surface area contributed by atoms with E-state index in [1.165, 1.54) is 0 Å². The maximum absolute atomic E-state index is 11.8. The average molecular weight is 287 g/mol. The molecule has 0 bridgehead atoms. The van der Waals surface area contributed by atoms with Gasteiger partial charge in [-0.3, -0.25) is 0 Å². The van der Waals surface area contributed by atoms with E-state index >= 15 is 0 Å². The average Bonchev–Trinajstić information content (AvgIpc) is 2.90. The van der Waals surface area contributed by atoms with Crippen molar-refractivity contribution >= 4 is 6.09 Å². The first-order valence-electron chi connectivity index (χ1n) is 6.98. The molecular formula is C17H21NO3. The predicted molar refractivity (Wildman–Crippen MR) is 81.9 cm³/mol. The molecule has 1 aromatic heterocycles. The second-order valence-electron chi connectivity index (χ2n) is 5.97. The van der Waals surface area contributed by atoms with E-state index in [1.54, 1.807) is 6.26 Å². The summed E-state index contributed by atoms with van der Waals surface area (Å²) in [5.74, 6) is 0.807. The number of amides is 1. The minimum atomic E-state index is -0.500. The minimum Gasteiger partial charge on any atom is -0.464 e. The zero-order valence-electron chi connectivity index (χ0n) is 12.8. The summed E-state index contributed by atoms with van der Waals surface area (Å²) in [5, 5.41) is 2.83. The van der Waals surface area contributed by atoms with Gasteiger partial charge in [0.15, 0.2) is 0 Å². The van der Waals surface area contributed by atoms with E-state index in [-0.39, 0.29) is 6.04 Å². The molecule has 0 saturated carbocycles. The van der Waals surface area contributed by atoms with Crippen molar-refractivity contribution in [2.45, 2.75) is 39.3 Å². The van der Waals surface area contributed by atoms with E-state index in [1.807, 2.05) is 64.1 Å². The molecule has 0 spiro atoms. The van der Waals surface area contributed by atoms with Crippen LogP contribution in [0, 0.1) is 0 Å². The smallest absolute Gasteiger partial charge is 0.408 e. The van der Waals surface area contributed by atoms with Crippen molar-refractivity contribution in [2.24, 2.45) is 0 Å². The summed E-state index contributed by atoms with van der Waals surface area (Å²) >= 11 is 0. The molecule has 0 aliphatic heterocycles. The monoisotopic (exact) mass is 287 g/mol. The lowest BCUT2D eigenvalue weighted by atomic mass is 10.0. The van der Waals surface area contributed by atoms with Crippen molar-refractivity contribution in [3.63, 3.8) is 0 Å². The molecule has 1 N–H and O–H groups in total. The molecule has 112 valence electrons. The van der Waals surface area contributed by atoms with Gasteiger partial charge in [-0.2, -0.15) is 0 Å². The molecule has 1 atom stereocenters. The molecule has 0 aliphatic carbocycles. The third kappa shape index (κ3) is 4.38. The van der Waals surface area contributed by atoms with E-state index in [9.17, 15) is 4.79 Å². The second kappa shape index (κ2) is 6.04. The van der Waals surface area contributed by atoms with Crippen LogP contribution in [0.2, 0.25) is 0 Å². The van der Waals surface area contributed by atoms with Crippen LogP contribution in [-0.2, 0) is 4.74 Å². The topological polar surface area (TPSA) is 51.5 Å². The van der Waals surface area contributed by atoms with Crippen molar-refractivity contribution in [3.05, 3.63) is 48.2 Å². The van der Waals surface area contributed by atoms with Crippen LogP contribution in [0.5, 0.6) is 0 Å². The number of ether oxygens (including phenoxy) is 1. The van der Waals surface area contributed by atoms with Crippen LogP contribution >= 0.6 is 0 Å². The Morgan fingerprint density at radius 1 is 1.24 bits per heavy atom. The van der Waals surface area contributed by atoms with Gasteiger partial charge in [-0.15, -0.1) is 0 Å². The Morgan fingerprint density at radius 2 is 2.00 bits per heavy atom. The summed E-state index contributed by atoms with van der Waals surface area (Å²) in [5.41, 5.74) is 1.48. The number of furan rings is 1. The van der Waals surface area contributed by atoms with Crippen molar-refractivity contribution in [1.29, 1.82) is 0 Å². The third-order valence-electron chi connectivity index (χ3n) is 2.93. The summed E-state index contributed by atoms with van der Waals surface area (Å²) in [6.07, 6.45) is 1.23. The zero-order chi connectivity index (χ0) is 15.5. The Kier molecular flexibility index (Phi) is 4.36. The van der Waals surface area contributed by atoms with Crippen molar-refractivity contribution in [3.8, 4) is 11.3 Å². The minimum absolute atomic E-state index is 0.144. The van der Waals surface area contributed by atoms with E-state index in [0.717, 1.165) is 16.9 Å². The third-order valence-corrected chi connectivity index (χ3v) is 2.93. The molecule has 4 heteroatoms. The quantitative estimate of drug-likeness (QED) is 0.902. The van der Waals surface area contributed by atoms with E-state index < -0.39 is 11.7 Å². The zero-order valence-corrected chi connectivity index (χ0v) is 12.8. The fourth-order valence-corrected chi connectivity index (χ4v) is 1.97. The molecule has 0 fully saturated rings. The van der Waals surface area contributed by atoms with Gasteiger partial charge in [0, 0.05) is 5.56 Å². The van der Waals surface area contributed by atoms with Gasteiger partial charge in [-0.1, -0.05) is 18.2 Å². The van der Waals surface area contributed by atoms with E-state index in [4.69, 9.17) is 9.15 Å². The Bertz CT molecular complexity index is 597. The molecular weight excluding hydrogens is 266 g/mol. The van der Waals surface area contributed by atoms with Gasteiger partial charge in [0.05, 0.1) is 12.3 Å². The Labute approximate surface area is 125 Å². The lowest BCUT2D eigenvalue weighted by Gasteiger charge is -2.22. The molecule has 0 saturated heterocycles. The van der Waals surface area contributed by atoms with Gasteiger partial charge < -0.3 is 14.5 Å². The first kappa shape index (κ1) is 15.2. The van der Waals surface area contributed by atoms with Crippen LogP contribution in [0.1, 0.15) is 39.3 Å². The van der Waals surface area contributed by atoms with Gasteiger partial charge >= 0.3 is 6.09 Å².